The number of benzene rings is 1. The maximum Gasteiger partial charge on any atom is 0.315 e. The smallest absolute Gasteiger partial charge is 0.315 e. The molecule has 1 aliphatic heterocycles. The van der Waals surface area contributed by atoms with Gasteiger partial charge in [-0.1, -0.05) is 12.1 Å². The summed E-state index contributed by atoms with van der Waals surface area (Å²) in [7, 11) is 1.56. The highest BCUT2D eigenvalue weighted by molar-refractivity contribution is 5.87. The summed E-state index contributed by atoms with van der Waals surface area (Å²) in [6.07, 6.45) is 6.80. The van der Waals surface area contributed by atoms with Crippen molar-refractivity contribution in [3.8, 4) is 0 Å². The van der Waals surface area contributed by atoms with Gasteiger partial charge in [0.25, 0.3) is 0 Å². The lowest BCUT2D eigenvalue weighted by Crippen LogP contribution is -2.51. The number of likely N-dealkylation sites (tertiary alicyclic amines) is 1. The highest BCUT2D eigenvalue weighted by atomic mass is 19.1. The van der Waals surface area contributed by atoms with E-state index < -0.39 is 6.04 Å². The summed E-state index contributed by atoms with van der Waals surface area (Å²) in [4.78, 5) is 26.4. The van der Waals surface area contributed by atoms with Crippen molar-refractivity contribution in [2.24, 2.45) is 0 Å². The van der Waals surface area contributed by atoms with Crippen molar-refractivity contribution in [3.05, 3.63) is 35.6 Å². The molecule has 0 radical (unpaired) electrons. The van der Waals surface area contributed by atoms with Crippen LogP contribution in [0.1, 0.15) is 56.4 Å². The first-order chi connectivity index (χ1) is 14.1. The number of piperidine rings is 1. The lowest BCUT2D eigenvalue weighted by Gasteiger charge is -2.30. The van der Waals surface area contributed by atoms with Gasteiger partial charge in [-0.2, -0.15) is 0 Å². The fourth-order valence-corrected chi connectivity index (χ4v) is 4.08. The Hall–Kier alpha value is -2.15. The van der Waals surface area contributed by atoms with Crippen LogP contribution in [0.5, 0.6) is 0 Å². The number of hydrogen-bond donors (Lipinski definition) is 3. The molecular weight excluding hydrogens is 371 g/mol. The van der Waals surface area contributed by atoms with Gasteiger partial charge in [-0.05, 0) is 69.2 Å². The quantitative estimate of drug-likeness (QED) is 0.554. The summed E-state index contributed by atoms with van der Waals surface area (Å²) in [5.74, 6) is 0.316. The van der Waals surface area contributed by atoms with E-state index in [0.717, 1.165) is 51.7 Å². The van der Waals surface area contributed by atoms with Gasteiger partial charge < -0.3 is 20.9 Å². The Kier molecular flexibility index (Phi) is 7.86. The van der Waals surface area contributed by atoms with E-state index in [-0.39, 0.29) is 17.8 Å². The molecule has 0 spiro atoms. The first-order valence-corrected chi connectivity index (χ1v) is 10.8. The van der Waals surface area contributed by atoms with Crippen molar-refractivity contribution in [2.45, 2.75) is 62.9 Å². The number of rotatable bonds is 9. The highest BCUT2D eigenvalue weighted by Crippen LogP contribution is 2.40. The summed E-state index contributed by atoms with van der Waals surface area (Å²) in [5, 5.41) is 8.91. The van der Waals surface area contributed by atoms with Crippen LogP contribution in [-0.2, 0) is 4.79 Å². The highest BCUT2D eigenvalue weighted by Gasteiger charge is 2.37. The second-order valence-corrected chi connectivity index (χ2v) is 8.11. The van der Waals surface area contributed by atoms with Crippen molar-refractivity contribution >= 4 is 11.9 Å². The molecule has 3 rings (SSSR count). The molecule has 6 nitrogen and oxygen atoms in total. The van der Waals surface area contributed by atoms with Crippen LogP contribution in [0.2, 0.25) is 0 Å². The van der Waals surface area contributed by atoms with E-state index in [1.165, 1.54) is 24.1 Å². The zero-order chi connectivity index (χ0) is 20.6. The molecule has 160 valence electrons. The molecule has 1 aliphatic carbocycles. The molecule has 29 heavy (non-hydrogen) atoms. The summed E-state index contributed by atoms with van der Waals surface area (Å²) in [5.41, 5.74) is 1.19. The minimum absolute atomic E-state index is 0.0415. The molecule has 3 amide bonds. The summed E-state index contributed by atoms with van der Waals surface area (Å²) >= 11 is 0. The molecule has 7 heteroatoms. The maximum absolute atomic E-state index is 13.0. The third-order valence-corrected chi connectivity index (χ3v) is 5.91. The lowest BCUT2D eigenvalue weighted by molar-refractivity contribution is -0.134. The standard InChI is InChI=1S/C22H33FN4O2/c1-24-22(29)26-19(21(28)27-13-5-2-6-14-27)7-3-4-12-25-20-15-18(20)16-8-10-17(23)11-9-16/h8-11,18-20,25H,2-7,12-15H2,1H3,(H2,24,26,29)/t18-,19?,20+/m0/s1. The predicted molar refractivity (Wildman–Crippen MR) is 111 cm³/mol. The molecule has 2 aliphatic rings. The molecule has 0 bridgehead atoms. The van der Waals surface area contributed by atoms with Gasteiger partial charge in [0.2, 0.25) is 5.91 Å². The van der Waals surface area contributed by atoms with Crippen LogP contribution in [0.15, 0.2) is 24.3 Å². The number of carbonyl (C=O) groups is 2. The van der Waals surface area contributed by atoms with Crippen molar-refractivity contribution < 1.29 is 14.0 Å². The molecule has 1 unspecified atom stereocenters. The molecule has 1 aromatic rings. The van der Waals surface area contributed by atoms with E-state index >= 15 is 0 Å². The van der Waals surface area contributed by atoms with E-state index in [4.69, 9.17) is 0 Å². The zero-order valence-corrected chi connectivity index (χ0v) is 17.3. The fraction of sp³-hybridized carbons (Fsp3) is 0.636. The van der Waals surface area contributed by atoms with E-state index in [0.29, 0.717) is 18.4 Å². The second kappa shape index (κ2) is 10.6. The second-order valence-electron chi connectivity index (χ2n) is 8.11. The molecule has 2 fully saturated rings. The van der Waals surface area contributed by atoms with E-state index in [1.807, 2.05) is 17.0 Å². The molecule has 0 aromatic heterocycles. The van der Waals surface area contributed by atoms with Gasteiger partial charge in [0.05, 0.1) is 0 Å². The third-order valence-electron chi connectivity index (χ3n) is 5.91. The van der Waals surface area contributed by atoms with Crippen LogP contribution in [-0.4, -0.2) is 55.6 Å². The first-order valence-electron chi connectivity index (χ1n) is 10.8. The molecule has 1 aromatic carbocycles. The van der Waals surface area contributed by atoms with Crippen molar-refractivity contribution in [3.63, 3.8) is 0 Å². The van der Waals surface area contributed by atoms with Gasteiger partial charge in [-0.15, -0.1) is 0 Å². The van der Waals surface area contributed by atoms with Crippen molar-refractivity contribution in [2.75, 3.05) is 26.7 Å². The summed E-state index contributed by atoms with van der Waals surface area (Å²) in [6.45, 7) is 2.46. The maximum atomic E-state index is 13.0. The monoisotopic (exact) mass is 404 g/mol. The Balaban J connectivity index is 1.37. The molecular formula is C22H33FN4O2. The number of amides is 3. The molecule has 3 N–H and O–H groups in total. The van der Waals surface area contributed by atoms with Crippen LogP contribution in [0.3, 0.4) is 0 Å². The third kappa shape index (κ3) is 6.42. The number of halogens is 1. The lowest BCUT2D eigenvalue weighted by atomic mass is 10.1. The van der Waals surface area contributed by atoms with Gasteiger partial charge in [0.1, 0.15) is 11.9 Å². The van der Waals surface area contributed by atoms with Crippen LogP contribution >= 0.6 is 0 Å². The van der Waals surface area contributed by atoms with Crippen molar-refractivity contribution in [1.82, 2.24) is 20.9 Å². The van der Waals surface area contributed by atoms with Gasteiger partial charge in [-0.25, -0.2) is 9.18 Å². The Morgan fingerprint density at radius 1 is 1.14 bits per heavy atom. The number of nitrogens with zero attached hydrogens (tertiary/aromatic N) is 1. The van der Waals surface area contributed by atoms with Gasteiger partial charge in [0.15, 0.2) is 0 Å². The average Bonchev–Trinajstić information content (AvgIpc) is 3.52. The number of carbonyl (C=O) groups excluding carboxylic acids is 2. The molecule has 1 heterocycles. The van der Waals surface area contributed by atoms with E-state index in [2.05, 4.69) is 16.0 Å². The Morgan fingerprint density at radius 3 is 2.55 bits per heavy atom. The van der Waals surface area contributed by atoms with Crippen LogP contribution in [0.25, 0.3) is 0 Å². The van der Waals surface area contributed by atoms with E-state index in [9.17, 15) is 14.0 Å². The fourth-order valence-electron chi connectivity index (χ4n) is 4.08. The van der Waals surface area contributed by atoms with E-state index in [1.54, 1.807) is 7.05 Å². The summed E-state index contributed by atoms with van der Waals surface area (Å²) in [6, 6.07) is 6.45. The Bertz CT molecular complexity index is 676. The predicted octanol–water partition coefficient (Wildman–Crippen LogP) is 2.75. The SMILES string of the molecule is CNC(=O)NC(CCCCN[C@@H]1C[C@H]1c1ccc(F)cc1)C(=O)N1CCCCC1. The van der Waals surface area contributed by atoms with Crippen molar-refractivity contribution in [1.29, 1.82) is 0 Å². The van der Waals surface area contributed by atoms with Gasteiger partial charge >= 0.3 is 6.03 Å². The molecule has 1 saturated heterocycles. The Morgan fingerprint density at radius 2 is 1.86 bits per heavy atom. The molecule has 3 atom stereocenters. The normalized spacial score (nSPS) is 22.1. The van der Waals surface area contributed by atoms with Gasteiger partial charge in [-0.3, -0.25) is 4.79 Å². The number of hydrogen-bond acceptors (Lipinski definition) is 3. The topological polar surface area (TPSA) is 73.5 Å². The minimum Gasteiger partial charge on any atom is -0.341 e. The van der Waals surface area contributed by atoms with Crippen LogP contribution < -0.4 is 16.0 Å². The van der Waals surface area contributed by atoms with Crippen LogP contribution in [0, 0.1) is 5.82 Å². The Labute approximate surface area is 172 Å². The summed E-state index contributed by atoms with van der Waals surface area (Å²) < 4.78 is 13.0. The minimum atomic E-state index is -0.457. The molecule has 1 saturated carbocycles. The largest absolute Gasteiger partial charge is 0.341 e. The number of nitrogens with one attached hydrogen (secondary N) is 3. The first kappa shape index (κ1) is 21.6. The van der Waals surface area contributed by atoms with Gasteiger partial charge in [0, 0.05) is 32.1 Å². The average molecular weight is 405 g/mol. The van der Waals surface area contributed by atoms with Crippen LogP contribution in [0.4, 0.5) is 9.18 Å². The number of unbranched alkanes of at least 4 members (excludes halogenated alkanes) is 1. The zero-order valence-electron chi connectivity index (χ0n) is 17.3. The number of urea groups is 1.